The minimum absolute atomic E-state index is 0.0120. The van der Waals surface area contributed by atoms with Gasteiger partial charge in [0.25, 0.3) is 0 Å². The lowest BCUT2D eigenvalue weighted by atomic mass is 10.2. The van der Waals surface area contributed by atoms with Crippen molar-refractivity contribution in [2.75, 3.05) is 31.2 Å². The summed E-state index contributed by atoms with van der Waals surface area (Å²) in [6, 6.07) is 5.57. The van der Waals surface area contributed by atoms with Crippen LogP contribution in [0.15, 0.2) is 23.1 Å². The predicted molar refractivity (Wildman–Crippen MR) is 83.6 cm³/mol. The summed E-state index contributed by atoms with van der Waals surface area (Å²) < 4.78 is 18.1. The molecule has 1 aromatic carbocycles. The summed E-state index contributed by atoms with van der Waals surface area (Å²) >= 11 is 5.86. The van der Waals surface area contributed by atoms with Crippen LogP contribution in [0.25, 0.3) is 0 Å². The molecule has 1 aliphatic rings. The summed E-state index contributed by atoms with van der Waals surface area (Å²) in [4.78, 5) is 2.98. The Morgan fingerprint density at radius 2 is 2.30 bits per heavy atom. The molecule has 20 heavy (non-hydrogen) atoms. The highest BCUT2D eigenvalue weighted by atomic mass is 35.5. The van der Waals surface area contributed by atoms with E-state index in [2.05, 4.69) is 18.7 Å². The van der Waals surface area contributed by atoms with Crippen LogP contribution in [-0.4, -0.2) is 46.7 Å². The fraction of sp³-hybridized carbons (Fsp3) is 0.571. The van der Waals surface area contributed by atoms with Gasteiger partial charge < -0.3 is 10.5 Å². The quantitative estimate of drug-likeness (QED) is 0.865. The summed E-state index contributed by atoms with van der Waals surface area (Å²) in [6.07, 6.45) is -0.0120. The largest absolute Gasteiger partial charge is 0.398 e. The van der Waals surface area contributed by atoms with Gasteiger partial charge in [-0.05, 0) is 32.0 Å². The van der Waals surface area contributed by atoms with E-state index in [9.17, 15) is 4.21 Å². The molecule has 1 fully saturated rings. The second kappa shape index (κ2) is 6.89. The van der Waals surface area contributed by atoms with E-state index in [4.69, 9.17) is 22.1 Å². The molecular formula is C14H21ClN2O2S. The summed E-state index contributed by atoms with van der Waals surface area (Å²) in [5.74, 6) is 0.467. The number of morpholine rings is 1. The maximum absolute atomic E-state index is 12.4. The fourth-order valence-corrected chi connectivity index (χ4v) is 3.74. The molecule has 4 nitrogen and oxygen atoms in total. The Kier molecular flexibility index (Phi) is 5.43. The molecule has 112 valence electrons. The number of benzene rings is 1. The molecule has 0 aromatic heterocycles. The summed E-state index contributed by atoms with van der Waals surface area (Å²) in [7, 11) is -1.16. The summed E-state index contributed by atoms with van der Waals surface area (Å²) in [5.41, 5.74) is 6.35. The van der Waals surface area contributed by atoms with E-state index >= 15 is 0 Å². The molecule has 1 aromatic rings. The first-order valence-corrected chi connectivity index (χ1v) is 8.46. The maximum Gasteiger partial charge on any atom is 0.0821 e. The minimum Gasteiger partial charge on any atom is -0.398 e. The molecule has 0 spiro atoms. The average molecular weight is 317 g/mol. The molecule has 0 radical (unpaired) electrons. The lowest BCUT2D eigenvalue weighted by Crippen LogP contribution is -2.47. The molecule has 0 aliphatic carbocycles. The van der Waals surface area contributed by atoms with Gasteiger partial charge in [-0.2, -0.15) is 0 Å². The van der Waals surface area contributed by atoms with E-state index in [1.165, 1.54) is 0 Å². The second-order valence-electron chi connectivity index (χ2n) is 5.28. The number of nitrogen functional groups attached to an aromatic ring is 1. The molecule has 1 aliphatic heterocycles. The molecule has 2 atom stereocenters. The van der Waals surface area contributed by atoms with Gasteiger partial charge in [0, 0.05) is 29.8 Å². The van der Waals surface area contributed by atoms with Crippen LogP contribution in [0.1, 0.15) is 13.8 Å². The van der Waals surface area contributed by atoms with E-state index in [0.717, 1.165) is 13.1 Å². The maximum atomic E-state index is 12.4. The fourth-order valence-electron chi connectivity index (χ4n) is 2.30. The number of nitrogens with zero attached hydrogens (tertiary/aromatic N) is 1. The van der Waals surface area contributed by atoms with E-state index in [1.807, 2.05) is 0 Å². The molecule has 1 saturated heterocycles. The average Bonchev–Trinajstić information content (AvgIpc) is 2.38. The van der Waals surface area contributed by atoms with Gasteiger partial charge in [0.05, 0.1) is 34.2 Å². The number of ether oxygens (including phenoxy) is 1. The summed E-state index contributed by atoms with van der Waals surface area (Å²) in [6.45, 7) is 6.77. The number of hydrogen-bond donors (Lipinski definition) is 1. The van der Waals surface area contributed by atoms with Crippen LogP contribution in [0.5, 0.6) is 0 Å². The lowest BCUT2D eigenvalue weighted by Gasteiger charge is -2.35. The van der Waals surface area contributed by atoms with Crippen molar-refractivity contribution in [3.05, 3.63) is 23.2 Å². The zero-order valence-corrected chi connectivity index (χ0v) is 13.4. The van der Waals surface area contributed by atoms with Crippen molar-refractivity contribution in [1.29, 1.82) is 0 Å². The molecular weight excluding hydrogens is 296 g/mol. The minimum atomic E-state index is -1.16. The SMILES string of the molecule is CC(C)N1CCOC(CS(=O)c2ccc(Cl)cc2N)C1. The number of anilines is 1. The Morgan fingerprint density at radius 1 is 1.55 bits per heavy atom. The zero-order chi connectivity index (χ0) is 14.7. The van der Waals surface area contributed by atoms with Gasteiger partial charge in [-0.3, -0.25) is 9.11 Å². The second-order valence-corrected chi connectivity index (χ2v) is 7.18. The van der Waals surface area contributed by atoms with Crippen molar-refractivity contribution >= 4 is 28.1 Å². The number of rotatable bonds is 4. The van der Waals surface area contributed by atoms with Crippen LogP contribution < -0.4 is 5.73 Å². The van der Waals surface area contributed by atoms with Crippen molar-refractivity contribution in [1.82, 2.24) is 4.90 Å². The van der Waals surface area contributed by atoms with Gasteiger partial charge in [-0.15, -0.1) is 0 Å². The van der Waals surface area contributed by atoms with Crippen molar-refractivity contribution in [2.24, 2.45) is 0 Å². The summed E-state index contributed by atoms with van der Waals surface area (Å²) in [5, 5.41) is 0.558. The first-order valence-electron chi connectivity index (χ1n) is 6.76. The standard InChI is InChI=1S/C14H21ClN2O2S/c1-10(2)17-5-6-19-12(8-17)9-20(18)14-4-3-11(15)7-13(14)16/h3-4,7,10,12H,5-6,8-9,16H2,1-2H3. The molecule has 2 N–H and O–H groups in total. The van der Waals surface area contributed by atoms with E-state index < -0.39 is 10.8 Å². The van der Waals surface area contributed by atoms with Crippen molar-refractivity contribution in [3.8, 4) is 0 Å². The smallest absolute Gasteiger partial charge is 0.0821 e. The molecule has 0 saturated carbocycles. The Morgan fingerprint density at radius 3 is 2.95 bits per heavy atom. The van der Waals surface area contributed by atoms with Crippen molar-refractivity contribution < 1.29 is 8.95 Å². The first-order chi connectivity index (χ1) is 9.47. The molecule has 2 unspecified atom stereocenters. The normalized spacial score (nSPS) is 22.1. The highest BCUT2D eigenvalue weighted by molar-refractivity contribution is 7.85. The van der Waals surface area contributed by atoms with Gasteiger partial charge in [0.15, 0.2) is 0 Å². The monoisotopic (exact) mass is 316 g/mol. The topological polar surface area (TPSA) is 55.6 Å². The van der Waals surface area contributed by atoms with E-state index in [-0.39, 0.29) is 6.10 Å². The van der Waals surface area contributed by atoms with Gasteiger partial charge in [0.2, 0.25) is 0 Å². The number of nitrogens with two attached hydrogens (primary N) is 1. The van der Waals surface area contributed by atoms with Gasteiger partial charge in [-0.1, -0.05) is 11.6 Å². The highest BCUT2D eigenvalue weighted by Gasteiger charge is 2.24. The van der Waals surface area contributed by atoms with Gasteiger partial charge >= 0.3 is 0 Å². The van der Waals surface area contributed by atoms with E-state index in [1.54, 1.807) is 18.2 Å². The molecule has 6 heteroatoms. The third-order valence-corrected chi connectivity index (χ3v) is 5.23. The zero-order valence-electron chi connectivity index (χ0n) is 11.8. The number of hydrogen-bond acceptors (Lipinski definition) is 4. The third kappa shape index (κ3) is 3.95. The predicted octanol–water partition coefficient (Wildman–Crippen LogP) is 2.14. The Bertz CT molecular complexity index is 496. The first kappa shape index (κ1) is 15.8. The Labute approximate surface area is 127 Å². The number of halogens is 1. The van der Waals surface area contributed by atoms with Crippen LogP contribution in [0.3, 0.4) is 0 Å². The van der Waals surface area contributed by atoms with Crippen LogP contribution in [0.4, 0.5) is 5.69 Å². The van der Waals surface area contributed by atoms with Crippen LogP contribution in [-0.2, 0) is 15.5 Å². The van der Waals surface area contributed by atoms with E-state index in [0.29, 0.717) is 34.0 Å². The highest BCUT2D eigenvalue weighted by Crippen LogP contribution is 2.22. The van der Waals surface area contributed by atoms with Crippen LogP contribution >= 0.6 is 11.6 Å². The van der Waals surface area contributed by atoms with Crippen molar-refractivity contribution in [2.45, 2.75) is 30.9 Å². The molecule has 2 rings (SSSR count). The Balaban J connectivity index is 2.00. The molecule has 0 bridgehead atoms. The third-order valence-electron chi connectivity index (χ3n) is 3.45. The van der Waals surface area contributed by atoms with Crippen molar-refractivity contribution in [3.63, 3.8) is 0 Å². The lowest BCUT2D eigenvalue weighted by molar-refractivity contribution is -0.0268. The van der Waals surface area contributed by atoms with Crippen LogP contribution in [0, 0.1) is 0 Å². The molecule has 1 heterocycles. The molecule has 0 amide bonds. The Hall–Kier alpha value is -0.620. The van der Waals surface area contributed by atoms with Crippen LogP contribution in [0.2, 0.25) is 5.02 Å². The van der Waals surface area contributed by atoms with Gasteiger partial charge in [-0.25, -0.2) is 0 Å². The van der Waals surface area contributed by atoms with Gasteiger partial charge in [0.1, 0.15) is 0 Å².